The van der Waals surface area contributed by atoms with Gasteiger partial charge in [0.05, 0.1) is 6.54 Å². The Morgan fingerprint density at radius 3 is 2.81 bits per heavy atom. The zero-order valence-electron chi connectivity index (χ0n) is 12.6. The number of hydrogen-bond acceptors (Lipinski definition) is 3. The third kappa shape index (κ3) is 4.90. The van der Waals surface area contributed by atoms with Crippen LogP contribution in [0.15, 0.2) is 24.3 Å². The monoisotopic (exact) mass is 310 g/mol. The normalized spacial score (nSPS) is 21.9. The molecular weight excluding hydrogens is 288 g/mol. The molecule has 1 aliphatic heterocycles. The van der Waals surface area contributed by atoms with Crippen molar-refractivity contribution in [3.05, 3.63) is 29.3 Å². The Labute approximate surface area is 131 Å². The highest BCUT2D eigenvalue weighted by molar-refractivity contribution is 6.30. The van der Waals surface area contributed by atoms with Gasteiger partial charge < -0.3 is 15.0 Å². The molecule has 0 bridgehead atoms. The lowest BCUT2D eigenvalue weighted by Gasteiger charge is -2.30. The van der Waals surface area contributed by atoms with Crippen molar-refractivity contribution in [1.82, 2.24) is 10.2 Å². The molecule has 1 amide bonds. The van der Waals surface area contributed by atoms with E-state index in [1.807, 2.05) is 19.2 Å². The van der Waals surface area contributed by atoms with Gasteiger partial charge in [-0.1, -0.05) is 11.6 Å². The van der Waals surface area contributed by atoms with Gasteiger partial charge in [0.1, 0.15) is 12.4 Å². The first-order chi connectivity index (χ1) is 10.1. The van der Waals surface area contributed by atoms with Gasteiger partial charge in [0.15, 0.2) is 0 Å². The smallest absolute Gasteiger partial charge is 0.225 e. The van der Waals surface area contributed by atoms with Crippen molar-refractivity contribution in [2.75, 3.05) is 26.7 Å². The molecule has 0 aromatic heterocycles. The summed E-state index contributed by atoms with van der Waals surface area (Å²) in [4.78, 5) is 14.1. The molecule has 2 atom stereocenters. The number of piperidine rings is 1. The molecule has 0 aliphatic carbocycles. The molecule has 4 nitrogen and oxygen atoms in total. The molecule has 1 N–H and O–H groups in total. The van der Waals surface area contributed by atoms with Crippen molar-refractivity contribution in [1.29, 1.82) is 0 Å². The number of ether oxygens (including phenoxy) is 1. The summed E-state index contributed by atoms with van der Waals surface area (Å²) >= 11 is 5.82. The summed E-state index contributed by atoms with van der Waals surface area (Å²) in [6.45, 7) is 4.14. The molecule has 1 fully saturated rings. The summed E-state index contributed by atoms with van der Waals surface area (Å²) in [6, 6.07) is 7.67. The van der Waals surface area contributed by atoms with Crippen LogP contribution in [0.25, 0.3) is 0 Å². The molecule has 2 unspecified atom stereocenters. The second kappa shape index (κ2) is 7.66. The minimum Gasteiger partial charge on any atom is -0.492 e. The van der Waals surface area contributed by atoms with E-state index in [-0.39, 0.29) is 11.8 Å². The lowest BCUT2D eigenvalue weighted by Crippen LogP contribution is -2.43. The summed E-state index contributed by atoms with van der Waals surface area (Å²) in [7, 11) is 1.85. The van der Waals surface area contributed by atoms with Crippen molar-refractivity contribution < 1.29 is 9.53 Å². The van der Waals surface area contributed by atoms with Gasteiger partial charge in [0.2, 0.25) is 5.91 Å². The molecule has 1 aliphatic rings. The maximum Gasteiger partial charge on any atom is 0.225 e. The molecule has 1 saturated heterocycles. The summed E-state index contributed by atoms with van der Waals surface area (Å²) in [6.07, 6.45) is 1.84. The highest BCUT2D eigenvalue weighted by Crippen LogP contribution is 2.18. The first-order valence-corrected chi connectivity index (χ1v) is 7.81. The number of carbonyl (C=O) groups excluding carboxylic acids is 1. The first kappa shape index (κ1) is 16.1. The van der Waals surface area contributed by atoms with Crippen LogP contribution in [0.1, 0.15) is 19.8 Å². The standard InChI is InChI=1S/C16H23ClN2O2/c1-12-11-13(7-8-18-12)16(20)19(2)9-10-21-15-5-3-14(17)4-6-15/h3-6,12-13,18H,7-11H2,1-2H3. The van der Waals surface area contributed by atoms with Gasteiger partial charge in [-0.05, 0) is 50.6 Å². The van der Waals surface area contributed by atoms with Crippen LogP contribution in [0, 0.1) is 5.92 Å². The molecule has 5 heteroatoms. The lowest BCUT2D eigenvalue weighted by atomic mass is 9.92. The average molecular weight is 311 g/mol. The van der Waals surface area contributed by atoms with Crippen molar-refractivity contribution in [3.8, 4) is 5.75 Å². The number of likely N-dealkylation sites (N-methyl/N-ethyl adjacent to an activating group) is 1. The Kier molecular flexibility index (Phi) is 5.88. The van der Waals surface area contributed by atoms with E-state index in [0.29, 0.717) is 24.2 Å². The summed E-state index contributed by atoms with van der Waals surface area (Å²) < 4.78 is 5.63. The second-order valence-electron chi connectivity index (χ2n) is 5.64. The second-order valence-corrected chi connectivity index (χ2v) is 6.08. The number of benzene rings is 1. The van der Waals surface area contributed by atoms with E-state index in [1.165, 1.54) is 0 Å². The highest BCUT2D eigenvalue weighted by atomic mass is 35.5. The lowest BCUT2D eigenvalue weighted by molar-refractivity contribution is -0.135. The Morgan fingerprint density at radius 2 is 2.14 bits per heavy atom. The van der Waals surface area contributed by atoms with Gasteiger partial charge in [-0.25, -0.2) is 0 Å². The van der Waals surface area contributed by atoms with Crippen molar-refractivity contribution >= 4 is 17.5 Å². The molecule has 21 heavy (non-hydrogen) atoms. The molecule has 0 spiro atoms. The zero-order chi connectivity index (χ0) is 15.2. The van der Waals surface area contributed by atoms with Crippen LogP contribution < -0.4 is 10.1 Å². The van der Waals surface area contributed by atoms with E-state index in [0.717, 1.165) is 25.1 Å². The van der Waals surface area contributed by atoms with Crippen molar-refractivity contribution in [2.45, 2.75) is 25.8 Å². The SMILES string of the molecule is CC1CC(C(=O)N(C)CCOc2ccc(Cl)cc2)CCN1. The van der Waals surface area contributed by atoms with Crippen LogP contribution in [-0.4, -0.2) is 43.6 Å². The third-order valence-corrected chi connectivity index (χ3v) is 4.11. The van der Waals surface area contributed by atoms with Gasteiger partial charge in [0, 0.05) is 24.0 Å². The molecule has 1 aromatic rings. The van der Waals surface area contributed by atoms with Crippen molar-refractivity contribution in [2.24, 2.45) is 5.92 Å². The molecule has 0 radical (unpaired) electrons. The molecule has 1 aromatic carbocycles. The van der Waals surface area contributed by atoms with Gasteiger partial charge in [-0.3, -0.25) is 4.79 Å². The number of halogens is 1. The fourth-order valence-corrected chi connectivity index (χ4v) is 2.74. The minimum atomic E-state index is 0.141. The van der Waals surface area contributed by atoms with Gasteiger partial charge in [-0.2, -0.15) is 0 Å². The van der Waals surface area contributed by atoms with E-state index in [2.05, 4.69) is 12.2 Å². The van der Waals surface area contributed by atoms with E-state index < -0.39 is 0 Å². The Bertz CT molecular complexity index is 464. The fourth-order valence-electron chi connectivity index (χ4n) is 2.61. The van der Waals surface area contributed by atoms with Crippen LogP contribution in [0.4, 0.5) is 0 Å². The number of amides is 1. The van der Waals surface area contributed by atoms with E-state index in [4.69, 9.17) is 16.3 Å². The number of nitrogens with zero attached hydrogens (tertiary/aromatic N) is 1. The quantitative estimate of drug-likeness (QED) is 0.909. The van der Waals surface area contributed by atoms with Crippen LogP contribution in [0.2, 0.25) is 5.02 Å². The van der Waals surface area contributed by atoms with Crippen LogP contribution >= 0.6 is 11.6 Å². The van der Waals surface area contributed by atoms with Gasteiger partial charge in [0.25, 0.3) is 0 Å². The summed E-state index contributed by atoms with van der Waals surface area (Å²) in [5.41, 5.74) is 0. The average Bonchev–Trinajstić information content (AvgIpc) is 2.48. The summed E-state index contributed by atoms with van der Waals surface area (Å²) in [5, 5.41) is 4.06. The first-order valence-electron chi connectivity index (χ1n) is 7.43. The van der Waals surface area contributed by atoms with Crippen LogP contribution in [0.3, 0.4) is 0 Å². The highest BCUT2D eigenvalue weighted by Gasteiger charge is 2.26. The maximum absolute atomic E-state index is 12.4. The molecular formula is C16H23ClN2O2. The molecule has 116 valence electrons. The van der Waals surface area contributed by atoms with Gasteiger partial charge >= 0.3 is 0 Å². The Hall–Kier alpha value is -1.26. The number of hydrogen-bond donors (Lipinski definition) is 1. The molecule has 0 saturated carbocycles. The topological polar surface area (TPSA) is 41.6 Å². The van der Waals surface area contributed by atoms with E-state index >= 15 is 0 Å². The minimum absolute atomic E-state index is 0.141. The third-order valence-electron chi connectivity index (χ3n) is 3.86. The fraction of sp³-hybridized carbons (Fsp3) is 0.562. The van der Waals surface area contributed by atoms with Gasteiger partial charge in [-0.15, -0.1) is 0 Å². The number of nitrogens with one attached hydrogen (secondary N) is 1. The summed E-state index contributed by atoms with van der Waals surface area (Å²) in [5.74, 6) is 1.14. The van der Waals surface area contributed by atoms with Crippen molar-refractivity contribution in [3.63, 3.8) is 0 Å². The largest absolute Gasteiger partial charge is 0.492 e. The zero-order valence-corrected chi connectivity index (χ0v) is 13.4. The molecule has 2 rings (SSSR count). The maximum atomic E-state index is 12.4. The van der Waals surface area contributed by atoms with Crippen LogP contribution in [-0.2, 0) is 4.79 Å². The van der Waals surface area contributed by atoms with E-state index in [9.17, 15) is 4.79 Å². The number of rotatable bonds is 5. The Balaban J connectivity index is 1.74. The van der Waals surface area contributed by atoms with E-state index in [1.54, 1.807) is 17.0 Å². The molecule has 1 heterocycles. The Morgan fingerprint density at radius 1 is 1.43 bits per heavy atom. The number of carbonyl (C=O) groups is 1. The predicted molar refractivity (Wildman–Crippen MR) is 84.8 cm³/mol. The van der Waals surface area contributed by atoms with Crippen LogP contribution in [0.5, 0.6) is 5.75 Å². The predicted octanol–water partition coefficient (Wildman–Crippen LogP) is 2.57.